The van der Waals surface area contributed by atoms with Crippen LogP contribution in [0, 0.1) is 0 Å². The van der Waals surface area contributed by atoms with Crippen molar-refractivity contribution in [1.29, 1.82) is 0 Å². The molecule has 0 saturated carbocycles. The molecular weight excluding hydrogens is 448 g/mol. The molecule has 2 N–H and O–H groups in total. The number of carbonyl (C=O) groups is 2. The maximum Gasteiger partial charge on any atom is 0.270 e. The molecule has 1 aliphatic carbocycles. The van der Waals surface area contributed by atoms with Gasteiger partial charge in [0.05, 0.1) is 0 Å². The Morgan fingerprint density at radius 2 is 1.56 bits per heavy atom. The second kappa shape index (κ2) is 10.6. The number of hydrogen-bond donors (Lipinski definition) is 2. The van der Waals surface area contributed by atoms with Crippen LogP contribution in [0.2, 0.25) is 0 Å². The van der Waals surface area contributed by atoms with Gasteiger partial charge < -0.3 is 15.5 Å². The fourth-order valence-corrected chi connectivity index (χ4v) is 5.95. The van der Waals surface area contributed by atoms with Gasteiger partial charge in [0.25, 0.3) is 5.91 Å². The summed E-state index contributed by atoms with van der Waals surface area (Å²) in [6.45, 7) is 2.95. The average Bonchev–Trinajstić information content (AvgIpc) is 3.23. The van der Waals surface area contributed by atoms with Crippen molar-refractivity contribution in [2.45, 2.75) is 43.6 Å². The molecule has 0 atom stereocenters. The smallest absolute Gasteiger partial charge is 0.270 e. The maximum atomic E-state index is 13.4. The molecule has 0 unspecified atom stereocenters. The van der Waals surface area contributed by atoms with Gasteiger partial charge in [-0.15, -0.1) is 0 Å². The lowest BCUT2D eigenvalue weighted by molar-refractivity contribution is -0.125. The standard InChI is InChI=1S/C30H34N4O2/c1-31-29(36)30(25-12-4-2-10-23(25)24-11-3-5-13-26(24)30)17-7-9-19-34-20-15-22(16-21-34)33-28(35)27-14-6-8-18-32-27/h2-6,8,10-14,18,22H,7,9,15-17,19-21H2,1H3,(H,31,36)(H,33,35). The Labute approximate surface area is 213 Å². The lowest BCUT2D eigenvalue weighted by Crippen LogP contribution is -2.45. The van der Waals surface area contributed by atoms with E-state index in [0.717, 1.165) is 62.9 Å². The number of fused-ring (bicyclic) bond motifs is 3. The van der Waals surface area contributed by atoms with Crippen molar-refractivity contribution in [1.82, 2.24) is 20.5 Å². The van der Waals surface area contributed by atoms with E-state index in [4.69, 9.17) is 0 Å². The number of rotatable bonds is 8. The van der Waals surface area contributed by atoms with E-state index in [9.17, 15) is 9.59 Å². The van der Waals surface area contributed by atoms with E-state index >= 15 is 0 Å². The number of carbonyl (C=O) groups excluding carboxylic acids is 2. The first-order valence-corrected chi connectivity index (χ1v) is 13.0. The number of likely N-dealkylation sites (tertiary alicyclic amines) is 1. The van der Waals surface area contributed by atoms with Crippen LogP contribution in [-0.2, 0) is 10.2 Å². The Bertz CT molecular complexity index is 1170. The molecule has 2 aliphatic rings. The fourth-order valence-electron chi connectivity index (χ4n) is 5.95. The van der Waals surface area contributed by atoms with Crippen LogP contribution in [0.4, 0.5) is 0 Å². The Morgan fingerprint density at radius 1 is 0.917 bits per heavy atom. The molecule has 1 saturated heterocycles. The molecule has 0 bridgehead atoms. The van der Waals surface area contributed by atoms with Crippen LogP contribution in [0.3, 0.4) is 0 Å². The number of nitrogens with zero attached hydrogens (tertiary/aromatic N) is 2. The minimum Gasteiger partial charge on any atom is -0.358 e. The van der Waals surface area contributed by atoms with Crippen LogP contribution in [0.5, 0.6) is 0 Å². The normalized spacial score (nSPS) is 16.7. The fraction of sp³-hybridized carbons (Fsp3) is 0.367. The van der Waals surface area contributed by atoms with Crippen molar-refractivity contribution in [2.75, 3.05) is 26.7 Å². The predicted octanol–water partition coefficient (Wildman–Crippen LogP) is 4.16. The number of pyridine rings is 1. The first-order valence-electron chi connectivity index (χ1n) is 13.0. The average molecular weight is 483 g/mol. The Morgan fingerprint density at radius 3 is 2.17 bits per heavy atom. The van der Waals surface area contributed by atoms with Gasteiger partial charge in [0.15, 0.2) is 0 Å². The van der Waals surface area contributed by atoms with E-state index in [1.165, 1.54) is 11.1 Å². The summed E-state index contributed by atoms with van der Waals surface area (Å²) in [4.78, 5) is 32.4. The lowest BCUT2D eigenvalue weighted by Gasteiger charge is -2.33. The number of aromatic nitrogens is 1. The van der Waals surface area contributed by atoms with E-state index < -0.39 is 5.41 Å². The third kappa shape index (κ3) is 4.53. The molecule has 0 spiro atoms. The van der Waals surface area contributed by atoms with Crippen LogP contribution >= 0.6 is 0 Å². The molecule has 6 heteroatoms. The SMILES string of the molecule is CNC(=O)C1(CCCCN2CCC(NC(=O)c3ccccn3)CC2)c2ccccc2-c2ccccc21. The van der Waals surface area contributed by atoms with Gasteiger partial charge >= 0.3 is 0 Å². The second-order valence-electron chi connectivity index (χ2n) is 9.84. The summed E-state index contributed by atoms with van der Waals surface area (Å²) in [6.07, 6.45) is 6.33. The van der Waals surface area contributed by atoms with E-state index in [1.807, 2.05) is 24.3 Å². The lowest BCUT2D eigenvalue weighted by atomic mass is 9.73. The summed E-state index contributed by atoms with van der Waals surface area (Å²) in [5.41, 5.74) is 4.42. The molecule has 1 aliphatic heterocycles. The van der Waals surface area contributed by atoms with E-state index in [0.29, 0.717) is 5.69 Å². The summed E-state index contributed by atoms with van der Waals surface area (Å²) in [5, 5.41) is 6.09. The van der Waals surface area contributed by atoms with Crippen molar-refractivity contribution < 1.29 is 9.59 Å². The summed E-state index contributed by atoms with van der Waals surface area (Å²) < 4.78 is 0. The molecule has 1 aromatic heterocycles. The van der Waals surface area contributed by atoms with Crippen LogP contribution in [0.1, 0.15) is 53.7 Å². The van der Waals surface area contributed by atoms with E-state index in [1.54, 1.807) is 19.3 Å². The van der Waals surface area contributed by atoms with Gasteiger partial charge in [0, 0.05) is 32.4 Å². The molecule has 2 aromatic carbocycles. The topological polar surface area (TPSA) is 74.3 Å². The van der Waals surface area contributed by atoms with Crippen molar-refractivity contribution in [3.05, 3.63) is 89.7 Å². The molecule has 186 valence electrons. The minimum absolute atomic E-state index is 0.0735. The number of unbranched alkanes of at least 4 members (excludes halogenated alkanes) is 1. The molecule has 36 heavy (non-hydrogen) atoms. The second-order valence-corrected chi connectivity index (χ2v) is 9.84. The third-order valence-electron chi connectivity index (χ3n) is 7.78. The van der Waals surface area contributed by atoms with Gasteiger partial charge in [-0.05, 0) is 66.6 Å². The van der Waals surface area contributed by atoms with Crippen LogP contribution in [0.15, 0.2) is 72.9 Å². The monoisotopic (exact) mass is 482 g/mol. The highest BCUT2D eigenvalue weighted by atomic mass is 16.2. The van der Waals surface area contributed by atoms with Crippen LogP contribution < -0.4 is 10.6 Å². The Kier molecular flexibility index (Phi) is 7.14. The van der Waals surface area contributed by atoms with Crippen molar-refractivity contribution >= 4 is 11.8 Å². The number of piperidine rings is 1. The van der Waals surface area contributed by atoms with E-state index in [2.05, 4.69) is 56.9 Å². The quantitative estimate of drug-likeness (QED) is 0.473. The molecule has 2 heterocycles. The molecular formula is C30H34N4O2. The first kappa shape index (κ1) is 24.2. The van der Waals surface area contributed by atoms with Crippen molar-refractivity contribution in [3.8, 4) is 11.1 Å². The highest BCUT2D eigenvalue weighted by Gasteiger charge is 2.47. The molecule has 3 aromatic rings. The summed E-state index contributed by atoms with van der Waals surface area (Å²) >= 11 is 0. The zero-order valence-electron chi connectivity index (χ0n) is 20.9. The Hall–Kier alpha value is -3.51. The highest BCUT2D eigenvalue weighted by molar-refractivity contribution is 6.00. The summed E-state index contributed by atoms with van der Waals surface area (Å²) in [6, 6.07) is 22.3. The van der Waals surface area contributed by atoms with Gasteiger partial charge in [0.2, 0.25) is 5.91 Å². The first-order chi connectivity index (χ1) is 17.6. The number of likely N-dealkylation sites (N-methyl/N-ethyl adjacent to an activating group) is 1. The molecule has 0 radical (unpaired) electrons. The maximum absolute atomic E-state index is 13.4. The van der Waals surface area contributed by atoms with Gasteiger partial charge in [-0.1, -0.05) is 61.0 Å². The number of amides is 2. The number of hydrogen-bond acceptors (Lipinski definition) is 4. The molecule has 5 rings (SSSR count). The largest absolute Gasteiger partial charge is 0.358 e. The summed E-state index contributed by atoms with van der Waals surface area (Å²) in [5.74, 6) is -0.0185. The van der Waals surface area contributed by atoms with Gasteiger partial charge in [-0.25, -0.2) is 0 Å². The number of benzene rings is 2. The van der Waals surface area contributed by atoms with Crippen LogP contribution in [0.25, 0.3) is 11.1 Å². The van der Waals surface area contributed by atoms with Gasteiger partial charge in [0.1, 0.15) is 11.1 Å². The molecule has 6 nitrogen and oxygen atoms in total. The summed E-state index contributed by atoms with van der Waals surface area (Å²) in [7, 11) is 1.74. The van der Waals surface area contributed by atoms with Gasteiger partial charge in [-0.2, -0.15) is 0 Å². The van der Waals surface area contributed by atoms with Crippen molar-refractivity contribution in [2.24, 2.45) is 0 Å². The van der Waals surface area contributed by atoms with Gasteiger partial charge in [-0.3, -0.25) is 14.6 Å². The predicted molar refractivity (Wildman–Crippen MR) is 142 cm³/mol. The third-order valence-corrected chi connectivity index (χ3v) is 7.78. The van der Waals surface area contributed by atoms with Crippen molar-refractivity contribution in [3.63, 3.8) is 0 Å². The Balaban J connectivity index is 1.17. The number of nitrogens with one attached hydrogen (secondary N) is 2. The van der Waals surface area contributed by atoms with E-state index in [-0.39, 0.29) is 17.9 Å². The molecule has 1 fully saturated rings. The highest BCUT2D eigenvalue weighted by Crippen LogP contribution is 2.51. The zero-order valence-corrected chi connectivity index (χ0v) is 20.9. The molecule has 2 amide bonds. The van der Waals surface area contributed by atoms with Crippen LogP contribution in [-0.4, -0.2) is 54.4 Å². The minimum atomic E-state index is -0.634. The zero-order chi connectivity index (χ0) is 25.0.